The first-order chi connectivity index (χ1) is 11.3. The molecule has 0 unspecified atom stereocenters. The summed E-state index contributed by atoms with van der Waals surface area (Å²) in [6.07, 6.45) is 3.46. The summed E-state index contributed by atoms with van der Waals surface area (Å²) in [5.41, 5.74) is 1.15. The number of rotatable bonds is 4. The summed E-state index contributed by atoms with van der Waals surface area (Å²) in [7, 11) is 0. The minimum Gasteiger partial charge on any atom is -0.350 e. The highest BCUT2D eigenvalue weighted by atomic mass is 32.1. The molecule has 1 atom stereocenters. The molecule has 7 heteroatoms. The molecule has 0 spiro atoms. The number of nitrogens with zero attached hydrogens (tertiary/aromatic N) is 3. The molecule has 5 nitrogen and oxygen atoms in total. The minimum absolute atomic E-state index is 0.0793. The van der Waals surface area contributed by atoms with Crippen molar-refractivity contribution in [3.63, 3.8) is 0 Å². The van der Waals surface area contributed by atoms with Gasteiger partial charge in [0.25, 0.3) is 0 Å². The van der Waals surface area contributed by atoms with Crippen LogP contribution < -0.4 is 10.2 Å². The second-order valence-corrected chi connectivity index (χ2v) is 7.21. The minimum atomic E-state index is -0.147. The molecule has 4 heterocycles. The van der Waals surface area contributed by atoms with E-state index in [0.717, 1.165) is 41.0 Å². The van der Waals surface area contributed by atoms with Gasteiger partial charge in [-0.2, -0.15) is 11.3 Å². The maximum Gasteiger partial charge on any atom is 0.243 e. The van der Waals surface area contributed by atoms with Crippen molar-refractivity contribution in [2.24, 2.45) is 0 Å². The predicted molar refractivity (Wildman–Crippen MR) is 93.9 cm³/mol. The van der Waals surface area contributed by atoms with Crippen LogP contribution in [-0.4, -0.2) is 28.5 Å². The normalized spacial score (nSPS) is 17.7. The second-order valence-electron chi connectivity index (χ2n) is 5.54. The van der Waals surface area contributed by atoms with Crippen LogP contribution in [0.15, 0.2) is 34.6 Å². The van der Waals surface area contributed by atoms with E-state index < -0.39 is 0 Å². The molecule has 3 aromatic heterocycles. The Balaban J connectivity index is 1.54. The number of amides is 1. The molecule has 118 valence electrons. The van der Waals surface area contributed by atoms with Gasteiger partial charge in [-0.1, -0.05) is 0 Å². The second kappa shape index (κ2) is 6.25. The molecule has 1 fully saturated rings. The van der Waals surface area contributed by atoms with E-state index >= 15 is 0 Å². The van der Waals surface area contributed by atoms with Crippen molar-refractivity contribution in [2.45, 2.75) is 25.4 Å². The van der Waals surface area contributed by atoms with Gasteiger partial charge in [0.2, 0.25) is 5.91 Å². The van der Waals surface area contributed by atoms with Crippen molar-refractivity contribution in [3.05, 3.63) is 40.2 Å². The SMILES string of the molecule is O=C(NCc1ccsc1)[C@@H]1CCCN1c1ncnc2sccc12. The molecule has 3 aromatic rings. The number of hydrogen-bond acceptors (Lipinski definition) is 6. The maximum absolute atomic E-state index is 12.6. The lowest BCUT2D eigenvalue weighted by atomic mass is 10.2. The Hall–Kier alpha value is -1.99. The fourth-order valence-corrected chi connectivity index (χ4v) is 4.39. The third kappa shape index (κ3) is 2.82. The number of anilines is 1. The summed E-state index contributed by atoms with van der Waals surface area (Å²) in [4.78, 5) is 24.4. The number of hydrogen-bond donors (Lipinski definition) is 1. The van der Waals surface area contributed by atoms with Crippen molar-refractivity contribution in [1.82, 2.24) is 15.3 Å². The zero-order chi connectivity index (χ0) is 15.6. The molecule has 0 bridgehead atoms. The number of carbonyl (C=O) groups excluding carboxylic acids is 1. The summed E-state index contributed by atoms with van der Waals surface area (Å²) in [6.45, 7) is 1.45. The average molecular weight is 344 g/mol. The number of thiophene rings is 2. The van der Waals surface area contributed by atoms with Gasteiger partial charge in [0.05, 0.1) is 5.39 Å². The van der Waals surface area contributed by atoms with E-state index in [-0.39, 0.29) is 11.9 Å². The van der Waals surface area contributed by atoms with Crippen molar-refractivity contribution >= 4 is 44.6 Å². The van der Waals surface area contributed by atoms with Gasteiger partial charge < -0.3 is 10.2 Å². The number of fused-ring (bicyclic) bond motifs is 1. The van der Waals surface area contributed by atoms with Crippen LogP contribution in [0.4, 0.5) is 5.82 Å². The Morgan fingerprint density at radius 1 is 1.35 bits per heavy atom. The number of carbonyl (C=O) groups is 1. The van der Waals surface area contributed by atoms with E-state index in [9.17, 15) is 4.79 Å². The van der Waals surface area contributed by atoms with Crippen LogP contribution in [0.3, 0.4) is 0 Å². The van der Waals surface area contributed by atoms with Crippen LogP contribution in [0, 0.1) is 0 Å². The number of aromatic nitrogens is 2. The topological polar surface area (TPSA) is 58.1 Å². The highest BCUT2D eigenvalue weighted by molar-refractivity contribution is 7.16. The molecule has 0 aliphatic carbocycles. The quantitative estimate of drug-likeness (QED) is 0.790. The van der Waals surface area contributed by atoms with E-state index in [0.29, 0.717) is 6.54 Å². The summed E-state index contributed by atoms with van der Waals surface area (Å²) in [6, 6.07) is 3.93. The third-order valence-electron chi connectivity index (χ3n) is 4.12. The largest absolute Gasteiger partial charge is 0.350 e. The van der Waals surface area contributed by atoms with Gasteiger partial charge in [-0.25, -0.2) is 9.97 Å². The van der Waals surface area contributed by atoms with Crippen LogP contribution in [0.25, 0.3) is 10.2 Å². The lowest BCUT2D eigenvalue weighted by molar-refractivity contribution is -0.122. The van der Waals surface area contributed by atoms with Gasteiger partial charge in [-0.05, 0) is 46.7 Å². The lowest BCUT2D eigenvalue weighted by Crippen LogP contribution is -2.43. The van der Waals surface area contributed by atoms with Crippen molar-refractivity contribution in [1.29, 1.82) is 0 Å². The Labute approximate surface area is 142 Å². The molecule has 0 radical (unpaired) electrons. The highest BCUT2D eigenvalue weighted by Crippen LogP contribution is 2.31. The molecule has 0 aromatic carbocycles. The van der Waals surface area contributed by atoms with Crippen LogP contribution in [0.5, 0.6) is 0 Å². The van der Waals surface area contributed by atoms with Crippen molar-refractivity contribution < 1.29 is 4.79 Å². The third-order valence-corrected chi connectivity index (χ3v) is 5.67. The molecule has 4 rings (SSSR count). The molecule has 1 amide bonds. The van der Waals surface area contributed by atoms with Gasteiger partial charge in [-0.3, -0.25) is 4.79 Å². The van der Waals surface area contributed by atoms with Gasteiger partial charge in [-0.15, -0.1) is 11.3 Å². The smallest absolute Gasteiger partial charge is 0.243 e. The van der Waals surface area contributed by atoms with E-state index in [2.05, 4.69) is 25.6 Å². The predicted octanol–water partition coefficient (Wildman–Crippen LogP) is 3.04. The summed E-state index contributed by atoms with van der Waals surface area (Å²) in [5.74, 6) is 0.958. The Kier molecular flexibility index (Phi) is 3.97. The standard InChI is InChI=1S/C16H16N4OS2/c21-15(17-8-11-3-6-22-9-11)13-2-1-5-20(13)14-12-4-7-23-16(12)19-10-18-14/h3-4,6-7,9-10,13H,1-2,5,8H2,(H,17,21)/t13-/m0/s1. The molecule has 0 saturated carbocycles. The Morgan fingerprint density at radius 3 is 3.17 bits per heavy atom. The molecule has 1 aliphatic rings. The molecular formula is C16H16N4OS2. The molecular weight excluding hydrogens is 328 g/mol. The molecule has 1 N–H and O–H groups in total. The zero-order valence-electron chi connectivity index (χ0n) is 12.4. The van der Waals surface area contributed by atoms with Gasteiger partial charge in [0, 0.05) is 13.1 Å². The van der Waals surface area contributed by atoms with Gasteiger partial charge in [0.1, 0.15) is 23.0 Å². The molecule has 1 saturated heterocycles. The fourth-order valence-electron chi connectivity index (χ4n) is 3.00. The van der Waals surface area contributed by atoms with Crippen LogP contribution in [0.1, 0.15) is 18.4 Å². The first kappa shape index (κ1) is 14.6. The van der Waals surface area contributed by atoms with Gasteiger partial charge >= 0.3 is 0 Å². The van der Waals surface area contributed by atoms with Crippen molar-refractivity contribution in [2.75, 3.05) is 11.4 Å². The van der Waals surface area contributed by atoms with Crippen molar-refractivity contribution in [3.8, 4) is 0 Å². The first-order valence-electron chi connectivity index (χ1n) is 7.56. The van der Waals surface area contributed by atoms with Crippen LogP contribution in [0.2, 0.25) is 0 Å². The maximum atomic E-state index is 12.6. The lowest BCUT2D eigenvalue weighted by Gasteiger charge is -2.25. The average Bonchev–Trinajstić information content (AvgIpc) is 3.32. The Morgan fingerprint density at radius 2 is 2.30 bits per heavy atom. The number of nitrogens with one attached hydrogen (secondary N) is 1. The summed E-state index contributed by atoms with van der Waals surface area (Å²) in [5, 5.41) is 10.2. The monoisotopic (exact) mass is 344 g/mol. The van der Waals surface area contributed by atoms with Gasteiger partial charge in [0.15, 0.2) is 0 Å². The van der Waals surface area contributed by atoms with E-state index in [1.165, 1.54) is 0 Å². The fraction of sp³-hybridized carbons (Fsp3) is 0.312. The Bertz CT molecular complexity index is 814. The van der Waals surface area contributed by atoms with E-state index in [4.69, 9.17) is 0 Å². The van der Waals surface area contributed by atoms with E-state index in [1.807, 2.05) is 22.9 Å². The van der Waals surface area contributed by atoms with Crippen LogP contribution in [-0.2, 0) is 11.3 Å². The summed E-state index contributed by atoms with van der Waals surface area (Å²) >= 11 is 3.25. The zero-order valence-corrected chi connectivity index (χ0v) is 14.1. The molecule has 23 heavy (non-hydrogen) atoms. The van der Waals surface area contributed by atoms with E-state index in [1.54, 1.807) is 29.0 Å². The summed E-state index contributed by atoms with van der Waals surface area (Å²) < 4.78 is 0. The highest BCUT2D eigenvalue weighted by Gasteiger charge is 2.32. The first-order valence-corrected chi connectivity index (χ1v) is 9.39. The molecule has 1 aliphatic heterocycles. The van der Waals surface area contributed by atoms with Crippen LogP contribution >= 0.6 is 22.7 Å².